The maximum atomic E-state index is 13.0. The highest BCUT2D eigenvalue weighted by Gasteiger charge is 2.23. The van der Waals surface area contributed by atoms with Crippen LogP contribution in [0.15, 0.2) is 18.2 Å². The van der Waals surface area contributed by atoms with E-state index in [0.29, 0.717) is 11.5 Å². The fourth-order valence-electron chi connectivity index (χ4n) is 2.16. The molecule has 1 aromatic rings. The Kier molecular flexibility index (Phi) is 5.08. The van der Waals surface area contributed by atoms with Gasteiger partial charge in [-0.3, -0.25) is 4.79 Å². The van der Waals surface area contributed by atoms with Gasteiger partial charge in [-0.2, -0.15) is 0 Å². The lowest BCUT2D eigenvalue weighted by Gasteiger charge is -2.15. The van der Waals surface area contributed by atoms with Crippen molar-refractivity contribution in [3.8, 4) is 0 Å². The highest BCUT2D eigenvalue weighted by Crippen LogP contribution is 2.17. The Labute approximate surface area is 111 Å². The maximum Gasteiger partial charge on any atom is 0.227 e. The van der Waals surface area contributed by atoms with Gasteiger partial charge < -0.3 is 4.90 Å². The van der Waals surface area contributed by atoms with Gasteiger partial charge in [-0.15, -0.1) is 12.4 Å². The minimum absolute atomic E-state index is 0. The molecule has 0 N–H and O–H groups in total. The summed E-state index contributed by atoms with van der Waals surface area (Å²) in [5.41, 5.74) is 0.395. The summed E-state index contributed by atoms with van der Waals surface area (Å²) in [6, 6.07) is 3.23. The van der Waals surface area contributed by atoms with Crippen LogP contribution < -0.4 is 0 Å². The monoisotopic (exact) mass is 275 g/mol. The van der Waals surface area contributed by atoms with Gasteiger partial charge in [0.25, 0.3) is 0 Å². The zero-order chi connectivity index (χ0) is 12.4. The van der Waals surface area contributed by atoms with Crippen LogP contribution in [0.4, 0.5) is 8.78 Å². The van der Waals surface area contributed by atoms with Crippen molar-refractivity contribution in [1.29, 1.82) is 0 Å². The highest BCUT2D eigenvalue weighted by molar-refractivity contribution is 5.85. The molecule has 1 unspecified atom stereocenters. The highest BCUT2D eigenvalue weighted by atomic mass is 35.5. The van der Waals surface area contributed by atoms with Gasteiger partial charge in [0.2, 0.25) is 5.91 Å². The number of likely N-dealkylation sites (tertiary alicyclic amines) is 1. The van der Waals surface area contributed by atoms with Crippen molar-refractivity contribution < 1.29 is 13.6 Å². The van der Waals surface area contributed by atoms with Crippen molar-refractivity contribution in [3.05, 3.63) is 35.4 Å². The Morgan fingerprint density at radius 3 is 2.44 bits per heavy atom. The molecule has 1 saturated heterocycles. The van der Waals surface area contributed by atoms with Gasteiger partial charge in [0.1, 0.15) is 11.6 Å². The number of carbonyl (C=O) groups excluding carboxylic acids is 1. The number of amides is 1. The first-order valence-electron chi connectivity index (χ1n) is 5.77. The van der Waals surface area contributed by atoms with E-state index in [-0.39, 0.29) is 24.7 Å². The predicted octanol–water partition coefficient (Wildman–Crippen LogP) is 2.80. The molecule has 0 aromatic heterocycles. The SMILES string of the molecule is CC1CCN(C(=O)Cc2cc(F)cc(F)c2)C1.Cl. The Hall–Kier alpha value is -1.16. The molecule has 1 fully saturated rings. The topological polar surface area (TPSA) is 20.3 Å². The molecule has 1 aromatic carbocycles. The molecule has 0 saturated carbocycles. The van der Waals surface area contributed by atoms with E-state index >= 15 is 0 Å². The second-order valence-corrected chi connectivity index (χ2v) is 4.69. The summed E-state index contributed by atoms with van der Waals surface area (Å²) >= 11 is 0. The third-order valence-electron chi connectivity index (χ3n) is 3.05. The maximum absolute atomic E-state index is 13.0. The fraction of sp³-hybridized carbons (Fsp3) is 0.462. The van der Waals surface area contributed by atoms with Crippen molar-refractivity contribution in [2.45, 2.75) is 19.8 Å². The van der Waals surface area contributed by atoms with Crippen molar-refractivity contribution in [2.24, 2.45) is 5.92 Å². The molecule has 1 atom stereocenters. The molecule has 1 aliphatic rings. The van der Waals surface area contributed by atoms with Crippen LogP contribution in [0, 0.1) is 17.6 Å². The summed E-state index contributed by atoms with van der Waals surface area (Å²) in [7, 11) is 0. The van der Waals surface area contributed by atoms with E-state index in [2.05, 4.69) is 6.92 Å². The van der Waals surface area contributed by atoms with Crippen LogP contribution >= 0.6 is 12.4 Å². The summed E-state index contributed by atoms with van der Waals surface area (Å²) in [4.78, 5) is 13.6. The standard InChI is InChI=1S/C13H15F2NO.ClH/c1-9-2-3-16(8-9)13(17)6-10-4-11(14)7-12(15)5-10;/h4-5,7,9H,2-3,6,8H2,1H3;1H. The van der Waals surface area contributed by atoms with Crippen molar-refractivity contribution >= 4 is 18.3 Å². The average Bonchev–Trinajstić information content (AvgIpc) is 2.63. The fourth-order valence-corrected chi connectivity index (χ4v) is 2.16. The number of hydrogen-bond acceptors (Lipinski definition) is 1. The third kappa shape index (κ3) is 3.67. The van der Waals surface area contributed by atoms with Gasteiger partial charge in [0, 0.05) is 19.2 Å². The van der Waals surface area contributed by atoms with Gasteiger partial charge in [-0.1, -0.05) is 6.92 Å². The van der Waals surface area contributed by atoms with Crippen molar-refractivity contribution in [2.75, 3.05) is 13.1 Å². The molecule has 0 spiro atoms. The van der Waals surface area contributed by atoms with Gasteiger partial charge >= 0.3 is 0 Å². The van der Waals surface area contributed by atoms with Crippen molar-refractivity contribution in [1.82, 2.24) is 4.90 Å². The van der Waals surface area contributed by atoms with E-state index in [1.165, 1.54) is 12.1 Å². The number of hydrogen-bond donors (Lipinski definition) is 0. The van der Waals surface area contributed by atoms with E-state index in [4.69, 9.17) is 0 Å². The molecule has 0 bridgehead atoms. The van der Waals surface area contributed by atoms with E-state index < -0.39 is 11.6 Å². The molecule has 1 aliphatic heterocycles. The number of rotatable bonds is 2. The second-order valence-electron chi connectivity index (χ2n) is 4.69. The summed E-state index contributed by atoms with van der Waals surface area (Å²) in [6.45, 7) is 3.59. The molecular formula is C13H16ClF2NO. The Morgan fingerprint density at radius 1 is 1.33 bits per heavy atom. The third-order valence-corrected chi connectivity index (χ3v) is 3.05. The van der Waals surface area contributed by atoms with Crippen LogP contribution in [0.3, 0.4) is 0 Å². The molecule has 1 heterocycles. The predicted molar refractivity (Wildman–Crippen MR) is 67.7 cm³/mol. The van der Waals surface area contributed by atoms with Crippen LogP contribution in [0.1, 0.15) is 18.9 Å². The Balaban J connectivity index is 0.00000162. The van der Waals surface area contributed by atoms with E-state index in [1.54, 1.807) is 4.90 Å². The van der Waals surface area contributed by atoms with Crippen LogP contribution in [-0.2, 0) is 11.2 Å². The average molecular weight is 276 g/mol. The zero-order valence-electron chi connectivity index (χ0n) is 10.2. The summed E-state index contributed by atoms with van der Waals surface area (Å²) < 4.78 is 25.9. The lowest BCUT2D eigenvalue weighted by atomic mass is 10.1. The summed E-state index contributed by atoms with van der Waals surface area (Å²) in [6.07, 6.45) is 1.07. The Bertz CT molecular complexity index is 419. The van der Waals surface area contributed by atoms with Crippen LogP contribution in [0.5, 0.6) is 0 Å². The molecule has 0 radical (unpaired) electrons. The minimum Gasteiger partial charge on any atom is -0.342 e. The lowest BCUT2D eigenvalue weighted by Crippen LogP contribution is -2.29. The zero-order valence-corrected chi connectivity index (χ0v) is 11.0. The van der Waals surface area contributed by atoms with Gasteiger partial charge in [0.15, 0.2) is 0 Å². The smallest absolute Gasteiger partial charge is 0.227 e. The van der Waals surface area contributed by atoms with Crippen LogP contribution in [-0.4, -0.2) is 23.9 Å². The van der Waals surface area contributed by atoms with Gasteiger partial charge in [-0.05, 0) is 30.0 Å². The number of nitrogens with zero attached hydrogens (tertiary/aromatic N) is 1. The number of benzene rings is 1. The molecule has 18 heavy (non-hydrogen) atoms. The van der Waals surface area contributed by atoms with E-state index in [1.807, 2.05) is 0 Å². The normalized spacial score (nSPS) is 18.6. The lowest BCUT2D eigenvalue weighted by molar-refractivity contribution is -0.129. The molecule has 2 nitrogen and oxygen atoms in total. The molecule has 1 amide bonds. The largest absolute Gasteiger partial charge is 0.342 e. The van der Waals surface area contributed by atoms with Crippen LogP contribution in [0.2, 0.25) is 0 Å². The second kappa shape index (κ2) is 6.14. The first kappa shape index (κ1) is 14.9. The van der Waals surface area contributed by atoms with E-state index in [9.17, 15) is 13.6 Å². The molecule has 5 heteroatoms. The minimum atomic E-state index is -0.636. The molecule has 2 rings (SSSR count). The van der Waals surface area contributed by atoms with E-state index in [0.717, 1.165) is 25.6 Å². The Morgan fingerprint density at radius 2 is 1.94 bits per heavy atom. The van der Waals surface area contributed by atoms with Crippen LogP contribution in [0.25, 0.3) is 0 Å². The summed E-state index contributed by atoms with van der Waals surface area (Å²) in [5.74, 6) is -0.812. The number of carbonyl (C=O) groups is 1. The number of halogens is 3. The first-order valence-corrected chi connectivity index (χ1v) is 5.77. The molecule has 0 aliphatic carbocycles. The van der Waals surface area contributed by atoms with Gasteiger partial charge in [-0.25, -0.2) is 8.78 Å². The summed E-state index contributed by atoms with van der Waals surface area (Å²) in [5, 5.41) is 0. The first-order chi connectivity index (χ1) is 8.04. The van der Waals surface area contributed by atoms with Gasteiger partial charge in [0.05, 0.1) is 6.42 Å². The quantitative estimate of drug-likeness (QED) is 0.813. The van der Waals surface area contributed by atoms with Crippen molar-refractivity contribution in [3.63, 3.8) is 0 Å². The molecular weight excluding hydrogens is 260 g/mol. The molecule has 100 valence electrons.